The first-order chi connectivity index (χ1) is 8.31. The van der Waals surface area contributed by atoms with Gasteiger partial charge in [-0.1, -0.05) is 0 Å². The van der Waals surface area contributed by atoms with E-state index in [1.165, 1.54) is 22.6 Å². The Labute approximate surface area is 106 Å². The Morgan fingerprint density at radius 1 is 1.56 bits per heavy atom. The number of rotatable bonds is 2. The smallest absolute Gasteiger partial charge is 0.243 e. The molecular formula is C11H17N3O3S. The van der Waals surface area contributed by atoms with Crippen LogP contribution >= 0.6 is 0 Å². The van der Waals surface area contributed by atoms with E-state index in [0.29, 0.717) is 19.4 Å². The third kappa shape index (κ3) is 2.63. The summed E-state index contributed by atoms with van der Waals surface area (Å²) in [6, 6.07) is 2.74. The molecule has 1 aliphatic rings. The van der Waals surface area contributed by atoms with Crippen molar-refractivity contribution < 1.29 is 13.5 Å². The number of piperidine rings is 1. The fraction of sp³-hybridized carbons (Fsp3) is 0.545. The Morgan fingerprint density at radius 2 is 2.28 bits per heavy atom. The van der Waals surface area contributed by atoms with Gasteiger partial charge in [0.05, 0.1) is 10.5 Å². The zero-order valence-corrected chi connectivity index (χ0v) is 11.0. The van der Waals surface area contributed by atoms with Crippen LogP contribution in [-0.4, -0.2) is 41.5 Å². The van der Waals surface area contributed by atoms with Gasteiger partial charge in [0.1, 0.15) is 5.82 Å². The molecule has 1 aliphatic heterocycles. The van der Waals surface area contributed by atoms with Gasteiger partial charge in [-0.05, 0) is 25.8 Å². The summed E-state index contributed by atoms with van der Waals surface area (Å²) in [4.78, 5) is 3.89. The summed E-state index contributed by atoms with van der Waals surface area (Å²) in [5.41, 5.74) is 4.53. The van der Waals surface area contributed by atoms with Gasteiger partial charge >= 0.3 is 0 Å². The van der Waals surface area contributed by atoms with Crippen LogP contribution in [-0.2, 0) is 10.0 Å². The van der Waals surface area contributed by atoms with Gasteiger partial charge in [-0.2, -0.15) is 4.31 Å². The molecule has 0 radical (unpaired) electrons. The van der Waals surface area contributed by atoms with Gasteiger partial charge in [-0.25, -0.2) is 13.4 Å². The molecule has 1 aromatic heterocycles. The number of nitrogens with two attached hydrogens (primary N) is 1. The second-order valence-corrected chi connectivity index (χ2v) is 6.79. The lowest BCUT2D eigenvalue weighted by molar-refractivity contribution is 0.00940. The third-order valence-corrected chi connectivity index (χ3v) is 4.87. The molecule has 1 saturated heterocycles. The number of anilines is 1. The predicted molar refractivity (Wildman–Crippen MR) is 67.3 cm³/mol. The molecule has 18 heavy (non-hydrogen) atoms. The van der Waals surface area contributed by atoms with Crippen molar-refractivity contribution >= 4 is 15.8 Å². The number of nitrogen functional groups attached to an aromatic ring is 1. The molecule has 1 aromatic rings. The number of pyridine rings is 1. The summed E-state index contributed by atoms with van der Waals surface area (Å²) < 4.78 is 26.0. The molecule has 0 aliphatic carbocycles. The van der Waals surface area contributed by atoms with E-state index >= 15 is 0 Å². The summed E-state index contributed by atoms with van der Waals surface area (Å²) in [5.74, 6) is 0.167. The highest BCUT2D eigenvalue weighted by Crippen LogP contribution is 2.26. The molecule has 0 bridgehead atoms. The Morgan fingerprint density at radius 3 is 2.89 bits per heavy atom. The van der Waals surface area contributed by atoms with Crippen LogP contribution in [0.25, 0.3) is 0 Å². The Balaban J connectivity index is 2.31. The van der Waals surface area contributed by atoms with E-state index in [1.807, 2.05) is 0 Å². The SMILES string of the molecule is CC1(O)CCCN(S(=O)(=O)c2ccnc(N)c2)C1. The van der Waals surface area contributed by atoms with Crippen molar-refractivity contribution in [1.82, 2.24) is 9.29 Å². The summed E-state index contributed by atoms with van der Waals surface area (Å²) in [6.45, 7) is 2.17. The van der Waals surface area contributed by atoms with Crippen molar-refractivity contribution in [1.29, 1.82) is 0 Å². The molecule has 0 saturated carbocycles. The lowest BCUT2D eigenvalue weighted by atomic mass is 9.97. The van der Waals surface area contributed by atoms with Crippen LogP contribution in [0.1, 0.15) is 19.8 Å². The average molecular weight is 271 g/mol. The van der Waals surface area contributed by atoms with Crippen molar-refractivity contribution in [2.45, 2.75) is 30.3 Å². The number of sulfonamides is 1. The number of β-amino-alcohol motifs (C(OH)–C–C–N with tert-alkyl or cyclic N) is 1. The van der Waals surface area contributed by atoms with E-state index in [9.17, 15) is 13.5 Å². The molecule has 6 nitrogen and oxygen atoms in total. The number of nitrogens with zero attached hydrogens (tertiary/aromatic N) is 2. The van der Waals surface area contributed by atoms with Crippen LogP contribution in [0.5, 0.6) is 0 Å². The van der Waals surface area contributed by atoms with E-state index in [2.05, 4.69) is 4.98 Å². The summed E-state index contributed by atoms with van der Waals surface area (Å²) >= 11 is 0. The van der Waals surface area contributed by atoms with Crippen LogP contribution in [0.4, 0.5) is 5.82 Å². The zero-order valence-electron chi connectivity index (χ0n) is 10.2. The normalized spacial score (nSPS) is 26.1. The summed E-state index contributed by atoms with van der Waals surface area (Å²) in [7, 11) is -3.60. The van der Waals surface area contributed by atoms with Gasteiger partial charge in [-0.3, -0.25) is 0 Å². The number of aliphatic hydroxyl groups is 1. The largest absolute Gasteiger partial charge is 0.389 e. The van der Waals surface area contributed by atoms with Crippen LogP contribution < -0.4 is 5.73 Å². The van der Waals surface area contributed by atoms with E-state index in [0.717, 1.165) is 0 Å². The molecule has 0 spiro atoms. The molecule has 1 unspecified atom stereocenters. The molecular weight excluding hydrogens is 254 g/mol. The van der Waals surface area contributed by atoms with E-state index in [-0.39, 0.29) is 17.3 Å². The van der Waals surface area contributed by atoms with Gasteiger partial charge in [0.15, 0.2) is 0 Å². The van der Waals surface area contributed by atoms with Crippen LogP contribution in [0.15, 0.2) is 23.2 Å². The average Bonchev–Trinajstić information content (AvgIpc) is 2.27. The number of hydrogen-bond acceptors (Lipinski definition) is 5. The standard InChI is InChI=1S/C11H17N3O3S/c1-11(15)4-2-6-14(8-11)18(16,17)9-3-5-13-10(12)7-9/h3,5,7,15H,2,4,6,8H2,1H3,(H2,12,13). The molecule has 3 N–H and O–H groups in total. The maximum Gasteiger partial charge on any atom is 0.243 e. The predicted octanol–water partition coefficient (Wildman–Crippen LogP) is 0.199. The molecule has 7 heteroatoms. The van der Waals surface area contributed by atoms with Crippen LogP contribution in [0.2, 0.25) is 0 Å². The van der Waals surface area contributed by atoms with Gasteiger partial charge in [0, 0.05) is 25.4 Å². The summed E-state index contributed by atoms with van der Waals surface area (Å²) in [6.07, 6.45) is 2.62. The minimum Gasteiger partial charge on any atom is -0.389 e. The first kappa shape index (κ1) is 13.3. The maximum atomic E-state index is 12.4. The minimum atomic E-state index is -3.60. The summed E-state index contributed by atoms with van der Waals surface area (Å²) in [5, 5.41) is 9.97. The van der Waals surface area contributed by atoms with Gasteiger partial charge < -0.3 is 10.8 Å². The molecule has 1 fully saturated rings. The van der Waals surface area contributed by atoms with Gasteiger partial charge in [0.25, 0.3) is 0 Å². The first-order valence-electron chi connectivity index (χ1n) is 5.75. The van der Waals surface area contributed by atoms with Crippen molar-refractivity contribution in [2.24, 2.45) is 0 Å². The van der Waals surface area contributed by atoms with Crippen molar-refractivity contribution in [2.75, 3.05) is 18.8 Å². The molecule has 2 rings (SSSR count). The maximum absolute atomic E-state index is 12.4. The number of aromatic nitrogens is 1. The zero-order chi connectivity index (χ0) is 13.4. The monoisotopic (exact) mass is 271 g/mol. The highest BCUT2D eigenvalue weighted by molar-refractivity contribution is 7.89. The molecule has 1 atom stereocenters. The van der Waals surface area contributed by atoms with Crippen LogP contribution in [0.3, 0.4) is 0 Å². The van der Waals surface area contributed by atoms with Crippen molar-refractivity contribution in [3.63, 3.8) is 0 Å². The molecule has 0 aromatic carbocycles. The minimum absolute atomic E-state index is 0.109. The molecule has 2 heterocycles. The third-order valence-electron chi connectivity index (χ3n) is 3.03. The van der Waals surface area contributed by atoms with E-state index in [1.54, 1.807) is 6.92 Å². The quantitative estimate of drug-likeness (QED) is 0.801. The van der Waals surface area contributed by atoms with Gasteiger partial charge in [-0.15, -0.1) is 0 Å². The fourth-order valence-electron chi connectivity index (χ4n) is 2.12. The lowest BCUT2D eigenvalue weighted by Gasteiger charge is -2.35. The molecule has 0 amide bonds. The fourth-order valence-corrected chi connectivity index (χ4v) is 3.74. The lowest BCUT2D eigenvalue weighted by Crippen LogP contribution is -2.48. The van der Waals surface area contributed by atoms with E-state index < -0.39 is 15.6 Å². The van der Waals surface area contributed by atoms with Crippen molar-refractivity contribution in [3.05, 3.63) is 18.3 Å². The second-order valence-electron chi connectivity index (χ2n) is 4.86. The van der Waals surface area contributed by atoms with Crippen molar-refractivity contribution in [3.8, 4) is 0 Å². The highest BCUT2D eigenvalue weighted by atomic mass is 32.2. The first-order valence-corrected chi connectivity index (χ1v) is 7.19. The second kappa shape index (κ2) is 4.49. The molecule has 100 valence electrons. The van der Waals surface area contributed by atoms with Crippen LogP contribution in [0, 0.1) is 0 Å². The number of hydrogen-bond donors (Lipinski definition) is 2. The topological polar surface area (TPSA) is 96.5 Å². The Hall–Kier alpha value is -1.18. The van der Waals surface area contributed by atoms with Gasteiger partial charge in [0.2, 0.25) is 10.0 Å². The Kier molecular flexibility index (Phi) is 3.31. The Bertz CT molecular complexity index is 542. The van der Waals surface area contributed by atoms with E-state index in [4.69, 9.17) is 5.73 Å². The highest BCUT2D eigenvalue weighted by Gasteiger charge is 2.35.